The first-order chi connectivity index (χ1) is 5.84. The molecule has 2 nitrogen and oxygen atoms in total. The maximum Gasteiger partial charge on any atom is 0.136 e. The molecule has 1 saturated heterocycles. The number of nitrogens with one attached hydrogen (secondary N) is 1. The molecule has 1 N–H and O–H groups in total. The zero-order valence-electron chi connectivity index (χ0n) is 7.51. The molecule has 2 heteroatoms. The minimum absolute atomic E-state index is 0.325. The Morgan fingerprint density at radius 1 is 1.50 bits per heavy atom. The normalized spacial score (nSPS) is 19.0. The van der Waals surface area contributed by atoms with E-state index in [1.165, 1.54) is 0 Å². The highest BCUT2D eigenvalue weighted by Gasteiger charge is 2.19. The van der Waals surface area contributed by atoms with Crippen molar-refractivity contribution in [2.75, 3.05) is 13.1 Å². The number of allylic oxidation sites excluding steroid dienone is 1. The summed E-state index contributed by atoms with van der Waals surface area (Å²) in [7, 11) is 0. The first kappa shape index (κ1) is 9.46. The highest BCUT2D eigenvalue weighted by molar-refractivity contribution is 5.81. The van der Waals surface area contributed by atoms with Crippen molar-refractivity contribution in [1.82, 2.24) is 5.32 Å². The number of Topliss-reactive ketones (excluding diaryl/α,β-unsaturated/α-hetero) is 1. The lowest BCUT2D eigenvalue weighted by atomic mass is 9.91. The fourth-order valence-electron chi connectivity index (χ4n) is 1.59. The second kappa shape index (κ2) is 5.09. The van der Waals surface area contributed by atoms with Crippen LogP contribution in [0.5, 0.6) is 0 Å². The summed E-state index contributed by atoms with van der Waals surface area (Å²) in [4.78, 5) is 11.5. The minimum Gasteiger partial charge on any atom is -0.317 e. The maximum absolute atomic E-state index is 11.5. The monoisotopic (exact) mass is 167 g/mol. The SMILES string of the molecule is C=CCCC(=O)C1CCNCC1. The number of hydrogen-bond donors (Lipinski definition) is 1. The lowest BCUT2D eigenvalue weighted by molar-refractivity contribution is -0.123. The van der Waals surface area contributed by atoms with E-state index in [1.54, 1.807) is 0 Å². The van der Waals surface area contributed by atoms with Gasteiger partial charge in [-0.25, -0.2) is 0 Å². The van der Waals surface area contributed by atoms with Gasteiger partial charge < -0.3 is 5.32 Å². The van der Waals surface area contributed by atoms with Gasteiger partial charge in [0.25, 0.3) is 0 Å². The van der Waals surface area contributed by atoms with E-state index in [9.17, 15) is 4.79 Å². The van der Waals surface area contributed by atoms with Crippen molar-refractivity contribution in [3.63, 3.8) is 0 Å². The number of piperidine rings is 1. The second-order valence-corrected chi connectivity index (χ2v) is 3.32. The number of carbonyl (C=O) groups excluding carboxylic acids is 1. The van der Waals surface area contributed by atoms with Crippen LogP contribution in [0.4, 0.5) is 0 Å². The van der Waals surface area contributed by atoms with Gasteiger partial charge in [-0.2, -0.15) is 0 Å². The van der Waals surface area contributed by atoms with Gasteiger partial charge >= 0.3 is 0 Å². The summed E-state index contributed by atoms with van der Waals surface area (Å²) in [6, 6.07) is 0. The van der Waals surface area contributed by atoms with Crippen molar-refractivity contribution in [3.8, 4) is 0 Å². The van der Waals surface area contributed by atoms with E-state index in [1.807, 2.05) is 6.08 Å². The van der Waals surface area contributed by atoms with Gasteiger partial charge in [0.15, 0.2) is 0 Å². The zero-order chi connectivity index (χ0) is 8.81. The van der Waals surface area contributed by atoms with Crippen molar-refractivity contribution in [2.24, 2.45) is 5.92 Å². The van der Waals surface area contributed by atoms with E-state index < -0.39 is 0 Å². The molecular formula is C10H17NO. The molecule has 0 radical (unpaired) electrons. The minimum atomic E-state index is 0.325. The van der Waals surface area contributed by atoms with Crippen LogP contribution < -0.4 is 5.32 Å². The fourth-order valence-corrected chi connectivity index (χ4v) is 1.59. The van der Waals surface area contributed by atoms with Crippen LogP contribution in [0.25, 0.3) is 0 Å². The van der Waals surface area contributed by atoms with Crippen molar-refractivity contribution < 1.29 is 4.79 Å². The molecule has 0 spiro atoms. The van der Waals surface area contributed by atoms with E-state index >= 15 is 0 Å². The van der Waals surface area contributed by atoms with E-state index in [0.29, 0.717) is 18.1 Å². The molecule has 1 aliphatic rings. The molecule has 0 bridgehead atoms. The Bertz CT molecular complexity index is 159. The Morgan fingerprint density at radius 2 is 2.17 bits per heavy atom. The van der Waals surface area contributed by atoms with Gasteiger partial charge in [-0.1, -0.05) is 6.08 Å². The van der Waals surface area contributed by atoms with Gasteiger partial charge in [-0.15, -0.1) is 6.58 Å². The molecule has 1 heterocycles. The summed E-state index contributed by atoms with van der Waals surface area (Å²) in [5, 5.41) is 3.25. The summed E-state index contributed by atoms with van der Waals surface area (Å²) < 4.78 is 0. The predicted molar refractivity (Wildman–Crippen MR) is 50.0 cm³/mol. The highest BCUT2D eigenvalue weighted by Crippen LogP contribution is 2.15. The van der Waals surface area contributed by atoms with Gasteiger partial charge in [-0.3, -0.25) is 4.79 Å². The molecule has 0 aromatic rings. The maximum atomic E-state index is 11.5. The Balaban J connectivity index is 2.24. The average molecular weight is 167 g/mol. The molecule has 0 aromatic heterocycles. The largest absolute Gasteiger partial charge is 0.317 e. The van der Waals surface area contributed by atoms with Crippen molar-refractivity contribution >= 4 is 5.78 Å². The average Bonchev–Trinajstić information content (AvgIpc) is 2.15. The van der Waals surface area contributed by atoms with Gasteiger partial charge in [0.2, 0.25) is 0 Å². The fraction of sp³-hybridized carbons (Fsp3) is 0.700. The van der Waals surface area contributed by atoms with Gasteiger partial charge in [0.05, 0.1) is 0 Å². The van der Waals surface area contributed by atoms with Crippen molar-refractivity contribution in [3.05, 3.63) is 12.7 Å². The van der Waals surface area contributed by atoms with Gasteiger partial charge in [0, 0.05) is 12.3 Å². The van der Waals surface area contributed by atoms with Crippen LogP contribution in [-0.4, -0.2) is 18.9 Å². The van der Waals surface area contributed by atoms with Crippen molar-refractivity contribution in [1.29, 1.82) is 0 Å². The molecule has 0 aromatic carbocycles. The Kier molecular flexibility index (Phi) is 4.01. The number of hydrogen-bond acceptors (Lipinski definition) is 2. The topological polar surface area (TPSA) is 29.1 Å². The molecular weight excluding hydrogens is 150 g/mol. The van der Waals surface area contributed by atoms with Crippen LogP contribution in [0.1, 0.15) is 25.7 Å². The third kappa shape index (κ3) is 2.78. The molecule has 1 fully saturated rings. The molecule has 1 aliphatic heterocycles. The summed E-state index contributed by atoms with van der Waals surface area (Å²) in [6.07, 6.45) is 5.39. The highest BCUT2D eigenvalue weighted by atomic mass is 16.1. The van der Waals surface area contributed by atoms with Crippen LogP contribution in [0.3, 0.4) is 0 Å². The molecule has 0 unspecified atom stereocenters. The summed E-state index contributed by atoms with van der Waals surface area (Å²) in [5.41, 5.74) is 0. The molecule has 0 saturated carbocycles. The summed E-state index contributed by atoms with van der Waals surface area (Å²) >= 11 is 0. The van der Waals surface area contributed by atoms with E-state index in [2.05, 4.69) is 11.9 Å². The molecule has 12 heavy (non-hydrogen) atoms. The smallest absolute Gasteiger partial charge is 0.136 e. The van der Waals surface area contributed by atoms with Crippen LogP contribution in [0, 0.1) is 5.92 Å². The van der Waals surface area contributed by atoms with Crippen LogP contribution in [0.2, 0.25) is 0 Å². The molecule has 0 aliphatic carbocycles. The Morgan fingerprint density at radius 3 is 2.75 bits per heavy atom. The number of ketones is 1. The third-order valence-corrected chi connectivity index (χ3v) is 2.39. The van der Waals surface area contributed by atoms with E-state index in [4.69, 9.17) is 0 Å². The predicted octanol–water partition coefficient (Wildman–Crippen LogP) is 1.52. The van der Waals surface area contributed by atoms with E-state index in [0.717, 1.165) is 32.4 Å². The quantitative estimate of drug-likeness (QED) is 0.643. The Labute approximate surface area is 74.0 Å². The lowest BCUT2D eigenvalue weighted by Crippen LogP contribution is -2.31. The standard InChI is InChI=1S/C10H17NO/c1-2-3-4-10(12)9-5-7-11-8-6-9/h2,9,11H,1,3-8H2. The van der Waals surface area contributed by atoms with Crippen LogP contribution >= 0.6 is 0 Å². The zero-order valence-corrected chi connectivity index (χ0v) is 7.51. The Hall–Kier alpha value is -0.630. The third-order valence-electron chi connectivity index (χ3n) is 2.39. The number of carbonyl (C=O) groups is 1. The van der Waals surface area contributed by atoms with Gasteiger partial charge in [0.1, 0.15) is 5.78 Å². The summed E-state index contributed by atoms with van der Waals surface area (Å²) in [5.74, 6) is 0.752. The molecule has 1 rings (SSSR count). The van der Waals surface area contributed by atoms with Gasteiger partial charge in [-0.05, 0) is 32.4 Å². The second-order valence-electron chi connectivity index (χ2n) is 3.32. The first-order valence-electron chi connectivity index (χ1n) is 4.69. The summed E-state index contributed by atoms with van der Waals surface area (Å²) in [6.45, 7) is 5.62. The van der Waals surface area contributed by atoms with E-state index in [-0.39, 0.29) is 0 Å². The van der Waals surface area contributed by atoms with Crippen LogP contribution in [-0.2, 0) is 4.79 Å². The molecule has 0 amide bonds. The first-order valence-corrected chi connectivity index (χ1v) is 4.69. The van der Waals surface area contributed by atoms with Crippen LogP contribution in [0.15, 0.2) is 12.7 Å². The number of rotatable bonds is 4. The lowest BCUT2D eigenvalue weighted by Gasteiger charge is -2.20. The molecule has 0 atom stereocenters. The molecule has 68 valence electrons. The van der Waals surface area contributed by atoms with Crippen molar-refractivity contribution in [2.45, 2.75) is 25.7 Å².